The van der Waals surface area contributed by atoms with E-state index in [0.29, 0.717) is 50.0 Å². The number of aromatic carboxylic acids is 1. The van der Waals surface area contributed by atoms with Crippen LogP contribution in [0.25, 0.3) is 26.9 Å². The van der Waals surface area contributed by atoms with Gasteiger partial charge in [0, 0.05) is 70.6 Å². The Labute approximate surface area is 431 Å². The van der Waals surface area contributed by atoms with Crippen molar-refractivity contribution in [2.24, 2.45) is 5.73 Å². The molecule has 21 heteroatoms. The number of nitrogens with one attached hydrogen (secondary N) is 1. The number of fused-ring (bicyclic) bond motifs is 1. The number of aromatic nitrogens is 1. The van der Waals surface area contributed by atoms with E-state index in [2.05, 4.69) is 35.8 Å². The fraction of sp³-hybridized carbons (Fsp3) is 0.269. The Bertz CT molecular complexity index is 2960. The summed E-state index contributed by atoms with van der Waals surface area (Å²) in [6, 6.07) is 16.8. The number of methoxy groups -OCH3 is 1. The Morgan fingerprint density at radius 2 is 1.22 bits per heavy atom. The minimum atomic E-state index is -1.60. The molecule has 1 heterocycles. The SMILES string of the molecule is CC(C)N.CC(C)N(C)c1cc(F)c(C(=O)O)c(F)c1.COC(=O)c1c(F)cc(Br)cc1F.[C-]#[N+]c1ccc(-c2ccc(C[C@H](NC(=O)c3c(F)cc(N(C)C(C)C)cc3F)C(=O)O)c3cccnc23)c(Cl)c1. The third kappa shape index (κ3) is 16.1. The van der Waals surface area contributed by atoms with E-state index in [1.165, 1.54) is 0 Å². The van der Waals surface area contributed by atoms with E-state index >= 15 is 0 Å². The lowest BCUT2D eigenvalue weighted by Gasteiger charge is -2.24. The third-order valence-electron chi connectivity index (χ3n) is 10.5. The molecule has 1 amide bonds. The van der Waals surface area contributed by atoms with Crippen LogP contribution in [0.5, 0.6) is 0 Å². The maximum atomic E-state index is 14.8. The molecule has 1 atom stereocenters. The molecule has 6 aromatic rings. The van der Waals surface area contributed by atoms with Gasteiger partial charge in [-0.2, -0.15) is 0 Å². The maximum absolute atomic E-state index is 14.8. The van der Waals surface area contributed by atoms with Crippen molar-refractivity contribution in [1.29, 1.82) is 0 Å². The Morgan fingerprint density at radius 3 is 1.64 bits per heavy atom. The molecule has 5 aromatic carbocycles. The molecule has 13 nitrogen and oxygen atoms in total. The van der Waals surface area contributed by atoms with E-state index in [1.54, 1.807) is 72.6 Å². The molecule has 0 aliphatic rings. The molecule has 5 N–H and O–H groups in total. The summed E-state index contributed by atoms with van der Waals surface area (Å²) in [5.74, 6) is -11.4. The first-order chi connectivity index (χ1) is 34.1. The quantitative estimate of drug-likeness (QED) is 0.0520. The largest absolute Gasteiger partial charge is 0.480 e. The molecule has 0 unspecified atom stereocenters. The first-order valence-electron chi connectivity index (χ1n) is 21.9. The molecule has 6 rings (SSSR count). The highest BCUT2D eigenvalue weighted by molar-refractivity contribution is 9.10. The number of carboxylic acid groups (broad SMARTS) is 2. The van der Waals surface area contributed by atoms with Crippen molar-refractivity contribution in [1.82, 2.24) is 10.3 Å². The van der Waals surface area contributed by atoms with Gasteiger partial charge in [0.25, 0.3) is 5.91 Å². The second-order valence-electron chi connectivity index (χ2n) is 16.8. The molecule has 1 aromatic heterocycles. The number of nitrogens with two attached hydrogens (primary N) is 1. The number of hydrogen-bond acceptors (Lipinski definition) is 9. The number of carbonyl (C=O) groups is 4. The molecule has 0 aliphatic carbocycles. The fourth-order valence-corrected chi connectivity index (χ4v) is 7.13. The lowest BCUT2D eigenvalue weighted by atomic mass is 9.95. The van der Waals surface area contributed by atoms with Crippen LogP contribution in [0.15, 0.2) is 89.5 Å². The van der Waals surface area contributed by atoms with Gasteiger partial charge >= 0.3 is 17.9 Å². The number of amides is 1. The lowest BCUT2D eigenvalue weighted by Crippen LogP contribution is -2.43. The number of ether oxygens (including phenoxy) is 1. The highest BCUT2D eigenvalue weighted by atomic mass is 79.9. The van der Waals surface area contributed by atoms with Crippen LogP contribution in [0.2, 0.25) is 5.02 Å². The van der Waals surface area contributed by atoms with Gasteiger partial charge < -0.3 is 35.8 Å². The van der Waals surface area contributed by atoms with E-state index in [4.69, 9.17) is 29.0 Å². The van der Waals surface area contributed by atoms with Crippen LogP contribution in [-0.2, 0) is 16.0 Å². The monoisotopic (exact) mass is 1100 g/mol. The number of anilines is 2. The smallest absolute Gasteiger partial charge is 0.343 e. The summed E-state index contributed by atoms with van der Waals surface area (Å²) >= 11 is 9.32. The Kier molecular flexibility index (Phi) is 22.2. The molecule has 0 fully saturated rings. The lowest BCUT2D eigenvalue weighted by molar-refractivity contribution is -0.139. The summed E-state index contributed by atoms with van der Waals surface area (Å²) in [5, 5.41) is 21.7. The number of pyridine rings is 1. The Morgan fingerprint density at radius 1 is 0.753 bits per heavy atom. The average Bonchev–Trinajstić information content (AvgIpc) is 3.30. The first kappa shape index (κ1) is 60.1. The number of nitrogens with zero attached hydrogens (tertiary/aromatic N) is 4. The number of halogens is 8. The summed E-state index contributed by atoms with van der Waals surface area (Å²) in [6.45, 7) is 18.5. The van der Waals surface area contributed by atoms with Crippen LogP contribution in [0.3, 0.4) is 0 Å². The minimum absolute atomic E-state index is 0.0419. The van der Waals surface area contributed by atoms with E-state index < -0.39 is 81.5 Å². The maximum Gasteiger partial charge on any atom is 0.343 e. The van der Waals surface area contributed by atoms with Crippen LogP contribution >= 0.6 is 27.5 Å². The van der Waals surface area contributed by atoms with Crippen LogP contribution in [0.1, 0.15) is 78.2 Å². The van der Waals surface area contributed by atoms with Gasteiger partial charge in [-0.25, -0.2) is 45.6 Å². The zero-order valence-corrected chi connectivity index (χ0v) is 43.3. The average molecular weight is 1100 g/mol. The Balaban J connectivity index is 0.000000346. The highest BCUT2D eigenvalue weighted by Crippen LogP contribution is 2.36. The third-order valence-corrected chi connectivity index (χ3v) is 11.3. The molecule has 0 spiro atoms. The van der Waals surface area contributed by atoms with Crippen LogP contribution < -0.4 is 20.9 Å². The van der Waals surface area contributed by atoms with Gasteiger partial charge in [0.1, 0.15) is 57.6 Å². The van der Waals surface area contributed by atoms with Crippen LogP contribution in [0, 0.1) is 41.5 Å². The van der Waals surface area contributed by atoms with Gasteiger partial charge in [-0.3, -0.25) is 9.78 Å². The zero-order valence-electron chi connectivity index (χ0n) is 40.9. The number of hydrogen-bond donors (Lipinski definition) is 4. The highest BCUT2D eigenvalue weighted by Gasteiger charge is 2.28. The molecular formula is C52H52BrClF6N6O7. The number of benzene rings is 5. The van der Waals surface area contributed by atoms with E-state index in [-0.39, 0.29) is 28.7 Å². The minimum Gasteiger partial charge on any atom is -0.480 e. The number of rotatable bonds is 12. The number of carboxylic acids is 2. The van der Waals surface area contributed by atoms with Crippen molar-refractivity contribution in [3.63, 3.8) is 0 Å². The van der Waals surface area contributed by atoms with E-state index in [1.807, 2.05) is 41.5 Å². The van der Waals surface area contributed by atoms with Gasteiger partial charge in [0.15, 0.2) is 5.69 Å². The van der Waals surface area contributed by atoms with Crippen molar-refractivity contribution < 1.29 is 60.5 Å². The predicted octanol–water partition coefficient (Wildman–Crippen LogP) is 12.0. The van der Waals surface area contributed by atoms with Crippen molar-refractivity contribution in [3.8, 4) is 11.1 Å². The van der Waals surface area contributed by atoms with E-state index in [0.717, 1.165) is 43.5 Å². The van der Waals surface area contributed by atoms with Gasteiger partial charge in [-0.1, -0.05) is 71.7 Å². The topological polar surface area (TPSA) is 180 Å². The van der Waals surface area contributed by atoms with Crippen LogP contribution in [0.4, 0.5) is 43.4 Å². The summed E-state index contributed by atoms with van der Waals surface area (Å²) in [7, 11) is 4.41. The predicted molar refractivity (Wildman–Crippen MR) is 273 cm³/mol. The van der Waals surface area contributed by atoms with Crippen LogP contribution in [-0.4, -0.2) is 84.4 Å². The van der Waals surface area contributed by atoms with Gasteiger partial charge in [-0.15, -0.1) is 0 Å². The molecule has 0 aliphatic heterocycles. The van der Waals surface area contributed by atoms with E-state index in [9.17, 15) is 50.6 Å². The Hall–Kier alpha value is -7.21. The molecule has 73 heavy (non-hydrogen) atoms. The van der Waals surface area contributed by atoms with Gasteiger partial charge in [0.05, 0.1) is 19.2 Å². The van der Waals surface area contributed by atoms with Crippen molar-refractivity contribution >= 4 is 79.3 Å². The standard InChI is InChI=1S/C30H25ClF2N4O3.C11H13F2NO2.C8H5BrF2O2.C3H9N/c1-16(2)37(4)19-14-24(32)27(25(33)15-19)29(38)36-26(30(39)40)12-17-7-9-22(28-20(17)6-5-11-35-28)21-10-8-18(34-3)13-23(21)31;1-6(2)14(3)7-4-8(12)10(11(15)16)9(13)5-7;1-13-8(12)7-5(10)2-4(9)3-6(7)11;1-3(2)4/h5-11,13-16,26H,12H2,1-2,4H3,(H,36,38)(H,39,40);4-6H,1-3H3,(H,15,16);2-3H,1H3;3H,4H2,1-2H3/t26-;;;/m0.../s1. The van der Waals surface area contributed by atoms with Crippen molar-refractivity contribution in [2.75, 3.05) is 31.0 Å². The summed E-state index contributed by atoms with van der Waals surface area (Å²) in [6.07, 6.45) is 1.41. The number of esters is 1. The van der Waals surface area contributed by atoms with Crippen molar-refractivity contribution in [2.45, 2.75) is 72.1 Å². The molecule has 0 radical (unpaired) electrons. The van der Waals surface area contributed by atoms with Crippen molar-refractivity contribution in [3.05, 3.63) is 163 Å². The normalized spacial score (nSPS) is 11.0. The fourth-order valence-electron chi connectivity index (χ4n) is 6.45. The number of aliphatic carboxylic acids is 1. The summed E-state index contributed by atoms with van der Waals surface area (Å²) < 4.78 is 86.8. The molecule has 0 saturated carbocycles. The first-order valence-corrected chi connectivity index (χ1v) is 23.1. The molecule has 0 saturated heterocycles. The number of carbonyl (C=O) groups excluding carboxylic acids is 2. The van der Waals surface area contributed by atoms with Gasteiger partial charge in [0.2, 0.25) is 0 Å². The molecular weight excluding hydrogens is 1050 g/mol. The molecule has 0 bridgehead atoms. The second kappa shape index (κ2) is 27.0. The summed E-state index contributed by atoms with van der Waals surface area (Å²) in [5.41, 5.74) is 6.01. The zero-order chi connectivity index (χ0) is 55.2. The summed E-state index contributed by atoms with van der Waals surface area (Å²) in [4.78, 5) is 57.6. The second-order valence-corrected chi connectivity index (χ2v) is 18.1. The molecule has 388 valence electrons. The van der Waals surface area contributed by atoms with Gasteiger partial charge in [-0.05, 0) is 93.4 Å².